The molecule has 0 unspecified atom stereocenters. The van der Waals surface area contributed by atoms with Crippen LogP contribution in [0.1, 0.15) is 10.4 Å². The number of rotatable bonds is 2. The Bertz CT molecular complexity index is 905. The van der Waals surface area contributed by atoms with Gasteiger partial charge in [0.15, 0.2) is 0 Å². The van der Waals surface area contributed by atoms with Crippen molar-refractivity contribution < 1.29 is 4.79 Å². The predicted molar refractivity (Wildman–Crippen MR) is 102 cm³/mol. The van der Waals surface area contributed by atoms with E-state index in [1.807, 2.05) is 41.3 Å². The van der Waals surface area contributed by atoms with Crippen LogP contribution >= 0.6 is 15.9 Å². The molecule has 1 amide bonds. The van der Waals surface area contributed by atoms with E-state index in [1.54, 1.807) is 12.4 Å². The second-order valence-electron chi connectivity index (χ2n) is 6.04. The van der Waals surface area contributed by atoms with E-state index in [4.69, 9.17) is 0 Å². The molecular weight excluding hydrogens is 380 g/mol. The summed E-state index contributed by atoms with van der Waals surface area (Å²) in [4.78, 5) is 25.5. The van der Waals surface area contributed by atoms with Crippen molar-refractivity contribution in [1.82, 2.24) is 14.9 Å². The molecular formula is C19H17BrN4O. The summed E-state index contributed by atoms with van der Waals surface area (Å²) in [6.07, 6.45) is 3.49. The Morgan fingerprint density at radius 1 is 0.920 bits per heavy atom. The van der Waals surface area contributed by atoms with Crippen LogP contribution in [0.2, 0.25) is 0 Å². The first-order valence-electron chi connectivity index (χ1n) is 8.21. The van der Waals surface area contributed by atoms with Gasteiger partial charge >= 0.3 is 0 Å². The number of fused-ring (bicyclic) bond motifs is 1. The molecule has 0 N–H and O–H groups in total. The lowest BCUT2D eigenvalue weighted by molar-refractivity contribution is 0.0746. The molecule has 0 bridgehead atoms. The van der Waals surface area contributed by atoms with E-state index in [0.717, 1.165) is 33.9 Å². The fraction of sp³-hybridized carbons (Fsp3) is 0.211. The molecule has 1 fully saturated rings. The maximum absolute atomic E-state index is 12.8. The second kappa shape index (κ2) is 6.80. The van der Waals surface area contributed by atoms with E-state index in [9.17, 15) is 4.79 Å². The number of hydrogen-bond acceptors (Lipinski definition) is 4. The Morgan fingerprint density at radius 3 is 2.32 bits per heavy atom. The predicted octanol–water partition coefficient (Wildman–Crippen LogP) is 3.35. The van der Waals surface area contributed by atoms with Gasteiger partial charge in [-0.3, -0.25) is 4.79 Å². The van der Waals surface area contributed by atoms with E-state index in [0.29, 0.717) is 19.0 Å². The zero-order valence-electron chi connectivity index (χ0n) is 13.6. The maximum atomic E-state index is 12.8. The lowest BCUT2D eigenvalue weighted by Crippen LogP contribution is -2.49. The number of aromatic nitrogens is 2. The number of piperazine rings is 1. The largest absolute Gasteiger partial charge is 0.337 e. The van der Waals surface area contributed by atoms with Gasteiger partial charge in [-0.1, -0.05) is 30.3 Å². The number of halogens is 1. The second-order valence-corrected chi connectivity index (χ2v) is 6.96. The van der Waals surface area contributed by atoms with Gasteiger partial charge in [-0.05, 0) is 38.8 Å². The van der Waals surface area contributed by atoms with Gasteiger partial charge in [0.1, 0.15) is 0 Å². The maximum Gasteiger partial charge on any atom is 0.253 e. The molecule has 0 atom stereocenters. The zero-order valence-corrected chi connectivity index (χ0v) is 15.2. The number of anilines is 1. The third-order valence-corrected chi connectivity index (χ3v) is 4.86. The Labute approximate surface area is 154 Å². The van der Waals surface area contributed by atoms with Gasteiger partial charge in [0.05, 0.1) is 4.47 Å². The van der Waals surface area contributed by atoms with Crippen LogP contribution in [0, 0.1) is 0 Å². The summed E-state index contributed by atoms with van der Waals surface area (Å²) in [7, 11) is 0. The Kier molecular flexibility index (Phi) is 4.36. The molecule has 25 heavy (non-hydrogen) atoms. The molecule has 4 rings (SSSR count). The SMILES string of the molecule is O=C(c1ccc2ccccc2c1)N1CCN(c2ncc(Br)cn2)CC1. The van der Waals surface area contributed by atoms with Crippen molar-refractivity contribution in [3.05, 3.63) is 64.9 Å². The average molecular weight is 397 g/mol. The molecule has 126 valence electrons. The molecule has 1 saturated heterocycles. The van der Waals surface area contributed by atoms with Crippen LogP contribution in [0.4, 0.5) is 5.95 Å². The van der Waals surface area contributed by atoms with Crippen LogP contribution in [0.5, 0.6) is 0 Å². The van der Waals surface area contributed by atoms with Crippen LogP contribution in [-0.4, -0.2) is 47.0 Å². The first-order valence-corrected chi connectivity index (χ1v) is 9.00. The summed E-state index contributed by atoms with van der Waals surface area (Å²) in [6, 6.07) is 14.0. The van der Waals surface area contributed by atoms with Crippen LogP contribution in [-0.2, 0) is 0 Å². The molecule has 2 heterocycles. The van der Waals surface area contributed by atoms with Crippen molar-refractivity contribution >= 4 is 38.6 Å². The van der Waals surface area contributed by atoms with E-state index < -0.39 is 0 Å². The first kappa shape index (κ1) is 16.0. The van der Waals surface area contributed by atoms with Crippen molar-refractivity contribution in [2.45, 2.75) is 0 Å². The molecule has 0 saturated carbocycles. The van der Waals surface area contributed by atoms with E-state index in [-0.39, 0.29) is 5.91 Å². The van der Waals surface area contributed by atoms with Crippen LogP contribution in [0.25, 0.3) is 10.8 Å². The monoisotopic (exact) mass is 396 g/mol. The van der Waals surface area contributed by atoms with Crippen molar-refractivity contribution in [3.8, 4) is 0 Å². The lowest BCUT2D eigenvalue weighted by Gasteiger charge is -2.34. The smallest absolute Gasteiger partial charge is 0.253 e. The van der Waals surface area contributed by atoms with Crippen molar-refractivity contribution in [2.75, 3.05) is 31.1 Å². The number of carbonyl (C=O) groups is 1. The third-order valence-electron chi connectivity index (χ3n) is 4.45. The summed E-state index contributed by atoms with van der Waals surface area (Å²) in [5.74, 6) is 0.795. The zero-order chi connectivity index (χ0) is 17.2. The van der Waals surface area contributed by atoms with Crippen molar-refractivity contribution in [1.29, 1.82) is 0 Å². The average Bonchev–Trinajstić information content (AvgIpc) is 2.68. The number of amides is 1. The summed E-state index contributed by atoms with van der Waals surface area (Å²) in [5.41, 5.74) is 0.743. The Balaban J connectivity index is 1.46. The van der Waals surface area contributed by atoms with E-state index in [1.165, 1.54) is 0 Å². The molecule has 3 aromatic rings. The van der Waals surface area contributed by atoms with E-state index in [2.05, 4.69) is 36.9 Å². The quantitative estimate of drug-likeness (QED) is 0.666. The van der Waals surface area contributed by atoms with Gasteiger partial charge in [-0.15, -0.1) is 0 Å². The van der Waals surface area contributed by atoms with Crippen molar-refractivity contribution in [3.63, 3.8) is 0 Å². The number of benzene rings is 2. The highest BCUT2D eigenvalue weighted by Crippen LogP contribution is 2.18. The first-order chi connectivity index (χ1) is 12.2. The fourth-order valence-corrected chi connectivity index (χ4v) is 3.29. The van der Waals surface area contributed by atoms with Gasteiger partial charge in [-0.2, -0.15) is 0 Å². The molecule has 6 heteroatoms. The summed E-state index contributed by atoms with van der Waals surface area (Å²) >= 11 is 3.34. The van der Waals surface area contributed by atoms with Gasteiger partial charge in [0.25, 0.3) is 5.91 Å². The van der Waals surface area contributed by atoms with Crippen LogP contribution in [0.15, 0.2) is 59.3 Å². The van der Waals surface area contributed by atoms with Gasteiger partial charge < -0.3 is 9.80 Å². The fourth-order valence-electron chi connectivity index (χ4n) is 3.08. The highest BCUT2D eigenvalue weighted by molar-refractivity contribution is 9.10. The molecule has 1 aliphatic heterocycles. The highest BCUT2D eigenvalue weighted by atomic mass is 79.9. The number of carbonyl (C=O) groups excluding carboxylic acids is 1. The third kappa shape index (κ3) is 3.35. The van der Waals surface area contributed by atoms with Crippen LogP contribution < -0.4 is 4.90 Å². The minimum atomic E-state index is 0.0853. The Hall–Kier alpha value is -2.47. The molecule has 1 aliphatic rings. The van der Waals surface area contributed by atoms with Gasteiger partial charge in [-0.25, -0.2) is 9.97 Å². The van der Waals surface area contributed by atoms with Gasteiger partial charge in [0, 0.05) is 44.1 Å². The minimum absolute atomic E-state index is 0.0853. The molecule has 0 aliphatic carbocycles. The van der Waals surface area contributed by atoms with E-state index >= 15 is 0 Å². The lowest BCUT2D eigenvalue weighted by atomic mass is 10.1. The summed E-state index contributed by atoms with van der Waals surface area (Å²) in [6.45, 7) is 2.82. The normalized spacial score (nSPS) is 14.8. The summed E-state index contributed by atoms with van der Waals surface area (Å²) in [5, 5.41) is 2.24. The topological polar surface area (TPSA) is 49.3 Å². The minimum Gasteiger partial charge on any atom is -0.337 e. The molecule has 2 aromatic carbocycles. The van der Waals surface area contributed by atoms with Gasteiger partial charge in [0.2, 0.25) is 5.95 Å². The molecule has 1 aromatic heterocycles. The number of nitrogens with zero attached hydrogens (tertiary/aromatic N) is 4. The number of hydrogen-bond donors (Lipinski definition) is 0. The summed E-state index contributed by atoms with van der Waals surface area (Å²) < 4.78 is 0.862. The highest BCUT2D eigenvalue weighted by Gasteiger charge is 2.23. The molecule has 0 spiro atoms. The van der Waals surface area contributed by atoms with Crippen molar-refractivity contribution in [2.24, 2.45) is 0 Å². The standard InChI is InChI=1S/C19H17BrN4O/c20-17-12-21-19(22-13-17)24-9-7-23(8-10-24)18(25)16-6-5-14-3-1-2-4-15(14)11-16/h1-6,11-13H,7-10H2. The van der Waals surface area contributed by atoms with Crippen LogP contribution in [0.3, 0.4) is 0 Å². The molecule has 5 nitrogen and oxygen atoms in total. The molecule has 0 radical (unpaired) electrons. The Morgan fingerprint density at radius 2 is 1.60 bits per heavy atom.